The largest absolute Gasteiger partial charge is 0.319 e. The highest BCUT2D eigenvalue weighted by atomic mass is 35.5. The van der Waals surface area contributed by atoms with E-state index in [0.29, 0.717) is 16.5 Å². The number of carbonyl (C=O) groups is 1. The van der Waals surface area contributed by atoms with Gasteiger partial charge in [0.05, 0.1) is 15.6 Å². The van der Waals surface area contributed by atoms with E-state index in [1.54, 1.807) is 25.1 Å². The summed E-state index contributed by atoms with van der Waals surface area (Å²) in [6.07, 6.45) is 0.908. The molecule has 16 heavy (non-hydrogen) atoms. The second-order valence-electron chi connectivity index (χ2n) is 4.12. The lowest BCUT2D eigenvalue weighted by Gasteiger charge is -2.20. The normalized spacial score (nSPS) is 14.6. The van der Waals surface area contributed by atoms with Gasteiger partial charge in [-0.25, -0.2) is 0 Å². The van der Waals surface area contributed by atoms with Crippen molar-refractivity contribution in [2.45, 2.75) is 32.2 Å². The number of hydrogen-bond acceptors (Lipinski definition) is 2. The van der Waals surface area contributed by atoms with Crippen LogP contribution in [-0.4, -0.2) is 11.3 Å². The summed E-state index contributed by atoms with van der Waals surface area (Å²) in [5.41, 5.74) is 5.93. The van der Waals surface area contributed by atoms with E-state index < -0.39 is 5.54 Å². The second-order valence-corrected chi connectivity index (χ2v) is 4.93. The fourth-order valence-corrected chi connectivity index (χ4v) is 1.55. The van der Waals surface area contributed by atoms with Crippen LogP contribution in [0.5, 0.6) is 0 Å². The Morgan fingerprint density at radius 2 is 2.00 bits per heavy atom. The van der Waals surface area contributed by atoms with Gasteiger partial charge >= 0.3 is 0 Å². The molecule has 4 heteroatoms. The molecule has 1 unspecified atom stereocenters. The van der Waals surface area contributed by atoms with Crippen LogP contribution in [0.15, 0.2) is 18.2 Å². The van der Waals surface area contributed by atoms with Gasteiger partial charge in [0.1, 0.15) is 0 Å². The topological polar surface area (TPSA) is 43.1 Å². The standard InChI is InChI=1S/C12H15Cl2NO/c1-3-12(2,15)11(16)7-8-4-5-9(13)10(14)6-8/h4-6H,3,7,15H2,1-2H3. The van der Waals surface area contributed by atoms with Crippen molar-refractivity contribution in [3.8, 4) is 0 Å². The Hall–Kier alpha value is -0.570. The molecular weight excluding hydrogens is 245 g/mol. The average molecular weight is 260 g/mol. The summed E-state index contributed by atoms with van der Waals surface area (Å²) in [6, 6.07) is 5.18. The SMILES string of the molecule is CCC(C)(N)C(=O)Cc1ccc(Cl)c(Cl)c1. The highest BCUT2D eigenvalue weighted by molar-refractivity contribution is 6.42. The van der Waals surface area contributed by atoms with Gasteiger partial charge in [0.15, 0.2) is 5.78 Å². The third-order valence-corrected chi connectivity index (χ3v) is 3.46. The maximum absolute atomic E-state index is 11.9. The van der Waals surface area contributed by atoms with Crippen molar-refractivity contribution < 1.29 is 4.79 Å². The van der Waals surface area contributed by atoms with Crippen molar-refractivity contribution in [3.05, 3.63) is 33.8 Å². The molecule has 0 heterocycles. The van der Waals surface area contributed by atoms with Crippen LogP contribution in [0.1, 0.15) is 25.8 Å². The maximum Gasteiger partial charge on any atom is 0.156 e. The lowest BCUT2D eigenvalue weighted by Crippen LogP contribution is -2.45. The van der Waals surface area contributed by atoms with E-state index in [4.69, 9.17) is 28.9 Å². The van der Waals surface area contributed by atoms with E-state index in [2.05, 4.69) is 0 Å². The molecule has 0 aliphatic carbocycles. The van der Waals surface area contributed by atoms with Gasteiger partial charge in [0, 0.05) is 6.42 Å². The van der Waals surface area contributed by atoms with E-state index >= 15 is 0 Å². The molecule has 1 rings (SSSR count). The number of benzene rings is 1. The van der Waals surface area contributed by atoms with Crippen LogP contribution < -0.4 is 5.73 Å². The molecule has 0 aliphatic rings. The van der Waals surface area contributed by atoms with Gasteiger partial charge in [-0.05, 0) is 31.0 Å². The molecule has 1 aromatic rings. The Kier molecular flexibility index (Phi) is 4.36. The van der Waals surface area contributed by atoms with Gasteiger partial charge in [-0.1, -0.05) is 36.2 Å². The fraction of sp³-hybridized carbons (Fsp3) is 0.417. The van der Waals surface area contributed by atoms with Gasteiger partial charge < -0.3 is 5.73 Å². The zero-order valence-corrected chi connectivity index (χ0v) is 10.9. The number of hydrogen-bond donors (Lipinski definition) is 1. The van der Waals surface area contributed by atoms with Gasteiger partial charge in [-0.2, -0.15) is 0 Å². The van der Waals surface area contributed by atoms with Gasteiger partial charge in [0.25, 0.3) is 0 Å². The van der Waals surface area contributed by atoms with Crippen LogP contribution in [0.3, 0.4) is 0 Å². The van der Waals surface area contributed by atoms with E-state index in [1.165, 1.54) is 0 Å². The summed E-state index contributed by atoms with van der Waals surface area (Å²) in [5, 5.41) is 0.950. The van der Waals surface area contributed by atoms with Crippen LogP contribution in [0.2, 0.25) is 10.0 Å². The number of halogens is 2. The third-order valence-electron chi connectivity index (χ3n) is 2.72. The Morgan fingerprint density at radius 1 is 1.38 bits per heavy atom. The van der Waals surface area contributed by atoms with Crippen LogP contribution in [0.4, 0.5) is 0 Å². The Balaban J connectivity index is 2.82. The highest BCUT2D eigenvalue weighted by Crippen LogP contribution is 2.23. The predicted octanol–water partition coefficient (Wildman–Crippen LogP) is 3.23. The smallest absolute Gasteiger partial charge is 0.156 e. The summed E-state index contributed by atoms with van der Waals surface area (Å²) in [4.78, 5) is 11.9. The summed E-state index contributed by atoms with van der Waals surface area (Å²) in [5.74, 6) is 0.00777. The Bertz CT molecular complexity index is 402. The molecule has 0 fully saturated rings. The molecule has 1 atom stereocenters. The third kappa shape index (κ3) is 3.21. The molecule has 2 N–H and O–H groups in total. The molecule has 0 aliphatic heterocycles. The lowest BCUT2D eigenvalue weighted by molar-refractivity contribution is -0.123. The van der Waals surface area contributed by atoms with Crippen molar-refractivity contribution in [1.29, 1.82) is 0 Å². The Labute approximate surface area is 106 Å². The lowest BCUT2D eigenvalue weighted by atomic mass is 9.90. The first-order valence-corrected chi connectivity index (χ1v) is 5.88. The average Bonchev–Trinajstić information content (AvgIpc) is 2.23. The number of Topliss-reactive ketones (excluding diaryl/α,β-unsaturated/α-hetero) is 1. The molecule has 0 bridgehead atoms. The minimum Gasteiger partial charge on any atom is -0.319 e. The zero-order valence-electron chi connectivity index (χ0n) is 9.39. The molecule has 0 spiro atoms. The summed E-state index contributed by atoms with van der Waals surface area (Å²) in [6.45, 7) is 3.64. The summed E-state index contributed by atoms with van der Waals surface area (Å²) < 4.78 is 0. The second kappa shape index (κ2) is 5.17. The van der Waals surface area contributed by atoms with Crippen molar-refractivity contribution >= 4 is 29.0 Å². The maximum atomic E-state index is 11.9. The van der Waals surface area contributed by atoms with E-state index in [0.717, 1.165) is 5.56 Å². The molecule has 1 aromatic carbocycles. The first-order valence-electron chi connectivity index (χ1n) is 5.13. The molecule has 0 radical (unpaired) electrons. The van der Waals surface area contributed by atoms with Gasteiger partial charge in [0.2, 0.25) is 0 Å². The molecular formula is C12H15Cl2NO. The van der Waals surface area contributed by atoms with Crippen molar-refractivity contribution in [2.24, 2.45) is 5.73 Å². The summed E-state index contributed by atoms with van der Waals surface area (Å²) in [7, 11) is 0. The van der Waals surface area contributed by atoms with Gasteiger partial charge in [-0.3, -0.25) is 4.79 Å². The number of carbonyl (C=O) groups excluding carboxylic acids is 1. The minimum absolute atomic E-state index is 0.00777. The molecule has 0 aromatic heterocycles. The van der Waals surface area contributed by atoms with Gasteiger partial charge in [-0.15, -0.1) is 0 Å². The number of rotatable bonds is 4. The van der Waals surface area contributed by atoms with Crippen LogP contribution >= 0.6 is 23.2 Å². The van der Waals surface area contributed by atoms with E-state index in [1.807, 2.05) is 6.92 Å². The first kappa shape index (κ1) is 13.5. The van der Waals surface area contributed by atoms with Crippen LogP contribution in [-0.2, 0) is 11.2 Å². The molecule has 0 amide bonds. The fourth-order valence-electron chi connectivity index (χ4n) is 1.23. The minimum atomic E-state index is -0.772. The quantitative estimate of drug-likeness (QED) is 0.903. The predicted molar refractivity (Wildman–Crippen MR) is 68.1 cm³/mol. The number of ketones is 1. The molecule has 0 saturated heterocycles. The van der Waals surface area contributed by atoms with E-state index in [9.17, 15) is 4.79 Å². The number of nitrogens with two attached hydrogens (primary N) is 1. The molecule has 88 valence electrons. The van der Waals surface area contributed by atoms with Crippen molar-refractivity contribution in [1.82, 2.24) is 0 Å². The Morgan fingerprint density at radius 3 is 2.50 bits per heavy atom. The van der Waals surface area contributed by atoms with Crippen molar-refractivity contribution in [3.63, 3.8) is 0 Å². The molecule has 0 saturated carbocycles. The zero-order chi connectivity index (χ0) is 12.3. The van der Waals surface area contributed by atoms with E-state index in [-0.39, 0.29) is 12.2 Å². The highest BCUT2D eigenvalue weighted by Gasteiger charge is 2.25. The summed E-state index contributed by atoms with van der Waals surface area (Å²) >= 11 is 11.7. The first-order chi connectivity index (χ1) is 7.36. The van der Waals surface area contributed by atoms with Crippen LogP contribution in [0.25, 0.3) is 0 Å². The van der Waals surface area contributed by atoms with Crippen LogP contribution in [0, 0.1) is 0 Å². The van der Waals surface area contributed by atoms with Crippen molar-refractivity contribution in [2.75, 3.05) is 0 Å². The molecule has 2 nitrogen and oxygen atoms in total. The monoisotopic (exact) mass is 259 g/mol.